The lowest BCUT2D eigenvalue weighted by atomic mass is 9.95. The van der Waals surface area contributed by atoms with Crippen molar-refractivity contribution in [3.63, 3.8) is 0 Å². The van der Waals surface area contributed by atoms with Crippen molar-refractivity contribution in [3.05, 3.63) is 32.8 Å². The number of nitrogens with zero attached hydrogens (tertiary/aromatic N) is 1. The van der Waals surface area contributed by atoms with Crippen LogP contribution in [0.25, 0.3) is 0 Å². The van der Waals surface area contributed by atoms with Crippen molar-refractivity contribution in [2.45, 2.75) is 24.3 Å². The van der Waals surface area contributed by atoms with Crippen LogP contribution < -0.4 is 4.74 Å². The summed E-state index contributed by atoms with van der Waals surface area (Å²) in [5, 5.41) is 10.9. The molecule has 16 heavy (non-hydrogen) atoms. The number of para-hydroxylation sites is 1. The Hall–Kier alpha value is -0.810. The standard InChI is InChI=1S/C10H9BrClNO3/c11-8-2-1-3-9(13(14)15)10(8)16-7-4-6(12)5-7/h1-3,6-7H,4-5H2. The topological polar surface area (TPSA) is 52.4 Å². The SMILES string of the molecule is O=[N+]([O-])c1cccc(Br)c1OC1CC(Cl)C1. The Kier molecular flexibility index (Phi) is 3.35. The molecule has 0 bridgehead atoms. The third kappa shape index (κ3) is 2.30. The summed E-state index contributed by atoms with van der Waals surface area (Å²) in [6, 6.07) is 4.76. The van der Waals surface area contributed by atoms with Crippen LogP contribution in [0, 0.1) is 10.1 Å². The predicted molar refractivity (Wildman–Crippen MR) is 64.1 cm³/mol. The Morgan fingerprint density at radius 2 is 2.19 bits per heavy atom. The van der Waals surface area contributed by atoms with Gasteiger partial charge in [-0.25, -0.2) is 0 Å². The lowest BCUT2D eigenvalue weighted by molar-refractivity contribution is -0.386. The number of nitro benzene ring substituents is 1. The summed E-state index contributed by atoms with van der Waals surface area (Å²) < 4.78 is 6.17. The minimum Gasteiger partial charge on any atom is -0.483 e. The summed E-state index contributed by atoms with van der Waals surface area (Å²) in [6.07, 6.45) is 1.46. The number of halogens is 2. The van der Waals surface area contributed by atoms with E-state index in [-0.39, 0.29) is 17.2 Å². The largest absolute Gasteiger partial charge is 0.483 e. The number of benzene rings is 1. The Labute approximate surface area is 106 Å². The minimum atomic E-state index is -0.447. The van der Waals surface area contributed by atoms with Crippen molar-refractivity contribution in [2.75, 3.05) is 0 Å². The van der Waals surface area contributed by atoms with E-state index in [1.165, 1.54) is 6.07 Å². The van der Waals surface area contributed by atoms with Crippen LogP contribution in [0.4, 0.5) is 5.69 Å². The van der Waals surface area contributed by atoms with Crippen LogP contribution in [-0.2, 0) is 0 Å². The third-order valence-electron chi connectivity index (χ3n) is 2.46. The highest BCUT2D eigenvalue weighted by molar-refractivity contribution is 9.10. The Balaban J connectivity index is 2.21. The number of nitro groups is 1. The van der Waals surface area contributed by atoms with Crippen molar-refractivity contribution in [3.8, 4) is 5.75 Å². The molecule has 2 rings (SSSR count). The van der Waals surface area contributed by atoms with Crippen LogP contribution in [0.5, 0.6) is 5.75 Å². The summed E-state index contributed by atoms with van der Waals surface area (Å²) in [7, 11) is 0. The maximum Gasteiger partial charge on any atom is 0.312 e. The monoisotopic (exact) mass is 305 g/mol. The van der Waals surface area contributed by atoms with Crippen LogP contribution in [0.15, 0.2) is 22.7 Å². The van der Waals surface area contributed by atoms with Crippen molar-refractivity contribution in [1.29, 1.82) is 0 Å². The van der Waals surface area contributed by atoms with E-state index in [1.54, 1.807) is 12.1 Å². The molecule has 6 heteroatoms. The van der Waals surface area contributed by atoms with E-state index in [9.17, 15) is 10.1 Å². The Morgan fingerprint density at radius 3 is 2.75 bits per heavy atom. The fourth-order valence-corrected chi connectivity index (χ4v) is 2.37. The molecule has 1 aromatic carbocycles. The molecule has 4 nitrogen and oxygen atoms in total. The van der Waals surface area contributed by atoms with Crippen LogP contribution in [0.2, 0.25) is 0 Å². The van der Waals surface area contributed by atoms with E-state index in [4.69, 9.17) is 16.3 Å². The number of alkyl halides is 1. The van der Waals surface area contributed by atoms with Crippen LogP contribution in [0.1, 0.15) is 12.8 Å². The van der Waals surface area contributed by atoms with Crippen molar-refractivity contribution < 1.29 is 9.66 Å². The zero-order valence-corrected chi connectivity index (χ0v) is 10.6. The molecule has 0 atom stereocenters. The normalized spacial score (nSPS) is 23.6. The highest BCUT2D eigenvalue weighted by Gasteiger charge is 2.31. The molecule has 1 fully saturated rings. The van der Waals surface area contributed by atoms with Gasteiger partial charge in [-0.15, -0.1) is 11.6 Å². The van der Waals surface area contributed by atoms with Gasteiger partial charge in [0.05, 0.1) is 9.40 Å². The average molecular weight is 307 g/mol. The van der Waals surface area contributed by atoms with E-state index < -0.39 is 4.92 Å². The fourth-order valence-electron chi connectivity index (χ4n) is 1.52. The molecule has 1 saturated carbocycles. The summed E-state index contributed by atoms with van der Waals surface area (Å²) >= 11 is 9.08. The fraction of sp³-hybridized carbons (Fsp3) is 0.400. The van der Waals surface area contributed by atoms with Crippen LogP contribution in [0.3, 0.4) is 0 Å². The van der Waals surface area contributed by atoms with Gasteiger partial charge in [0.25, 0.3) is 0 Å². The van der Waals surface area contributed by atoms with Crippen molar-refractivity contribution in [1.82, 2.24) is 0 Å². The van der Waals surface area contributed by atoms with E-state index >= 15 is 0 Å². The average Bonchev–Trinajstić information content (AvgIpc) is 2.18. The lowest BCUT2D eigenvalue weighted by Gasteiger charge is -2.31. The van der Waals surface area contributed by atoms with Gasteiger partial charge in [0.2, 0.25) is 5.75 Å². The minimum absolute atomic E-state index is 0.0140. The first-order chi connectivity index (χ1) is 7.58. The van der Waals surface area contributed by atoms with E-state index in [1.807, 2.05) is 0 Å². The van der Waals surface area contributed by atoms with Gasteiger partial charge in [-0.3, -0.25) is 10.1 Å². The molecule has 0 N–H and O–H groups in total. The molecule has 0 radical (unpaired) electrons. The van der Waals surface area contributed by atoms with Gasteiger partial charge in [0.15, 0.2) is 0 Å². The molecule has 0 heterocycles. The maximum atomic E-state index is 10.8. The number of hydrogen-bond acceptors (Lipinski definition) is 3. The first kappa shape index (κ1) is 11.7. The van der Waals surface area contributed by atoms with Gasteiger partial charge in [-0.05, 0) is 22.0 Å². The number of ether oxygens (including phenoxy) is 1. The van der Waals surface area contributed by atoms with Crippen LogP contribution in [-0.4, -0.2) is 16.4 Å². The molecule has 1 aliphatic carbocycles. The number of hydrogen-bond donors (Lipinski definition) is 0. The molecular formula is C10H9BrClNO3. The Bertz CT molecular complexity index is 421. The molecular weight excluding hydrogens is 297 g/mol. The first-order valence-electron chi connectivity index (χ1n) is 4.81. The van der Waals surface area contributed by atoms with Gasteiger partial charge >= 0.3 is 5.69 Å². The Morgan fingerprint density at radius 1 is 1.50 bits per heavy atom. The van der Waals surface area contributed by atoms with Gasteiger partial charge in [0, 0.05) is 24.3 Å². The highest BCUT2D eigenvalue weighted by atomic mass is 79.9. The smallest absolute Gasteiger partial charge is 0.312 e. The van der Waals surface area contributed by atoms with Gasteiger partial charge < -0.3 is 4.74 Å². The zero-order valence-electron chi connectivity index (χ0n) is 8.23. The zero-order chi connectivity index (χ0) is 11.7. The summed E-state index contributed by atoms with van der Waals surface area (Å²) in [4.78, 5) is 10.4. The summed E-state index contributed by atoms with van der Waals surface area (Å²) in [5.74, 6) is 0.293. The van der Waals surface area contributed by atoms with Gasteiger partial charge in [-0.2, -0.15) is 0 Å². The van der Waals surface area contributed by atoms with Gasteiger partial charge in [-0.1, -0.05) is 6.07 Å². The van der Waals surface area contributed by atoms with E-state index in [0.717, 1.165) is 12.8 Å². The molecule has 1 aromatic rings. The molecule has 0 saturated heterocycles. The summed E-state index contributed by atoms with van der Waals surface area (Å²) in [5.41, 5.74) is -0.0209. The summed E-state index contributed by atoms with van der Waals surface area (Å²) in [6.45, 7) is 0. The lowest BCUT2D eigenvalue weighted by Crippen LogP contribution is -2.34. The third-order valence-corrected chi connectivity index (χ3v) is 3.45. The second-order valence-electron chi connectivity index (χ2n) is 3.65. The second kappa shape index (κ2) is 4.59. The molecule has 0 spiro atoms. The quantitative estimate of drug-likeness (QED) is 0.488. The molecule has 0 amide bonds. The van der Waals surface area contributed by atoms with Crippen LogP contribution >= 0.6 is 27.5 Å². The second-order valence-corrected chi connectivity index (χ2v) is 5.13. The molecule has 86 valence electrons. The maximum absolute atomic E-state index is 10.8. The predicted octanol–water partition coefficient (Wildman–Crippen LogP) is 3.51. The molecule has 0 unspecified atom stereocenters. The van der Waals surface area contributed by atoms with Crippen molar-refractivity contribution in [2.24, 2.45) is 0 Å². The van der Waals surface area contributed by atoms with Crippen molar-refractivity contribution >= 4 is 33.2 Å². The number of rotatable bonds is 3. The first-order valence-corrected chi connectivity index (χ1v) is 6.04. The van der Waals surface area contributed by atoms with Gasteiger partial charge in [0.1, 0.15) is 6.10 Å². The molecule has 0 aliphatic heterocycles. The van der Waals surface area contributed by atoms with E-state index in [2.05, 4.69) is 15.9 Å². The van der Waals surface area contributed by atoms with E-state index in [0.29, 0.717) is 10.2 Å². The molecule has 1 aliphatic rings. The molecule has 0 aromatic heterocycles. The highest BCUT2D eigenvalue weighted by Crippen LogP contribution is 2.38.